The van der Waals surface area contributed by atoms with Crippen molar-refractivity contribution in [3.05, 3.63) is 35.1 Å². The predicted molar refractivity (Wildman–Crippen MR) is 51.5 cm³/mol. The molecule has 1 amide bonds. The first-order valence-electron chi connectivity index (χ1n) is 4.63. The Hall–Kier alpha value is -1.38. The Morgan fingerprint density at radius 3 is 2.57 bits per heavy atom. The summed E-state index contributed by atoms with van der Waals surface area (Å²) in [6.07, 6.45) is 2.17. The second-order valence-electron chi connectivity index (χ2n) is 4.12. The number of halogens is 1. The molecule has 0 aliphatic heterocycles. The van der Waals surface area contributed by atoms with E-state index in [0.717, 1.165) is 18.4 Å². The molecule has 1 saturated carbocycles. The molecule has 0 atom stereocenters. The number of nitrogens with two attached hydrogens (primary N) is 1. The SMILES string of the molecule is CC1(c2ccc(C(N)=O)c(F)c2)CC1. The summed E-state index contributed by atoms with van der Waals surface area (Å²) in [6, 6.07) is 4.68. The number of benzene rings is 1. The number of carbonyl (C=O) groups is 1. The van der Waals surface area contributed by atoms with Crippen LogP contribution in [0.3, 0.4) is 0 Å². The number of hydrogen-bond acceptors (Lipinski definition) is 1. The molecule has 1 fully saturated rings. The summed E-state index contributed by atoms with van der Waals surface area (Å²) in [5, 5.41) is 0. The van der Waals surface area contributed by atoms with Gasteiger partial charge in [0.25, 0.3) is 5.91 Å². The Kier molecular flexibility index (Phi) is 1.84. The molecule has 0 aromatic heterocycles. The maximum absolute atomic E-state index is 13.4. The smallest absolute Gasteiger partial charge is 0.251 e. The van der Waals surface area contributed by atoms with Crippen molar-refractivity contribution in [2.45, 2.75) is 25.2 Å². The third-order valence-electron chi connectivity index (χ3n) is 2.93. The van der Waals surface area contributed by atoms with Gasteiger partial charge in [-0.2, -0.15) is 0 Å². The van der Waals surface area contributed by atoms with E-state index in [-0.39, 0.29) is 11.0 Å². The Morgan fingerprint density at radius 1 is 1.50 bits per heavy atom. The lowest BCUT2D eigenvalue weighted by Gasteiger charge is -2.09. The molecule has 0 bridgehead atoms. The minimum Gasteiger partial charge on any atom is -0.366 e. The van der Waals surface area contributed by atoms with Crippen LogP contribution in [-0.4, -0.2) is 5.91 Å². The molecule has 0 heterocycles. The van der Waals surface area contributed by atoms with Crippen molar-refractivity contribution in [3.63, 3.8) is 0 Å². The number of amides is 1. The molecule has 2 N–H and O–H groups in total. The van der Waals surface area contributed by atoms with E-state index in [1.54, 1.807) is 6.07 Å². The molecule has 3 heteroatoms. The zero-order valence-corrected chi connectivity index (χ0v) is 8.01. The van der Waals surface area contributed by atoms with Gasteiger partial charge < -0.3 is 5.73 Å². The molecule has 1 aliphatic rings. The first-order valence-corrected chi connectivity index (χ1v) is 4.63. The molecule has 1 aliphatic carbocycles. The summed E-state index contributed by atoms with van der Waals surface area (Å²) in [5.74, 6) is -1.22. The lowest BCUT2D eigenvalue weighted by Crippen LogP contribution is -2.14. The largest absolute Gasteiger partial charge is 0.366 e. The van der Waals surface area contributed by atoms with Crippen LogP contribution in [-0.2, 0) is 5.41 Å². The van der Waals surface area contributed by atoms with Crippen molar-refractivity contribution >= 4 is 5.91 Å². The van der Waals surface area contributed by atoms with Gasteiger partial charge >= 0.3 is 0 Å². The van der Waals surface area contributed by atoms with Crippen molar-refractivity contribution in [1.82, 2.24) is 0 Å². The van der Waals surface area contributed by atoms with E-state index >= 15 is 0 Å². The molecule has 1 aromatic rings. The topological polar surface area (TPSA) is 43.1 Å². The van der Waals surface area contributed by atoms with Crippen LogP contribution in [0.2, 0.25) is 0 Å². The Bertz CT molecular complexity index is 396. The maximum Gasteiger partial charge on any atom is 0.251 e. The monoisotopic (exact) mass is 193 g/mol. The molecule has 2 rings (SSSR count). The molecule has 1 aromatic carbocycles. The fourth-order valence-corrected chi connectivity index (χ4v) is 1.57. The highest BCUT2D eigenvalue weighted by Gasteiger charge is 2.39. The van der Waals surface area contributed by atoms with E-state index in [1.165, 1.54) is 12.1 Å². The number of primary amides is 1. The van der Waals surface area contributed by atoms with E-state index in [4.69, 9.17) is 5.73 Å². The molecule has 14 heavy (non-hydrogen) atoms. The summed E-state index contributed by atoms with van der Waals surface area (Å²) in [4.78, 5) is 10.8. The molecule has 74 valence electrons. The first-order chi connectivity index (χ1) is 6.53. The van der Waals surface area contributed by atoms with Gasteiger partial charge in [-0.15, -0.1) is 0 Å². The van der Waals surface area contributed by atoms with Gasteiger partial charge in [0.15, 0.2) is 0 Å². The summed E-state index contributed by atoms with van der Waals surface area (Å²) in [6.45, 7) is 2.09. The molecule has 0 spiro atoms. The quantitative estimate of drug-likeness (QED) is 0.766. The van der Waals surface area contributed by atoms with Crippen molar-refractivity contribution < 1.29 is 9.18 Å². The molecule has 0 saturated heterocycles. The summed E-state index contributed by atoms with van der Waals surface area (Å²) >= 11 is 0. The van der Waals surface area contributed by atoms with Crippen LogP contribution in [0.5, 0.6) is 0 Å². The standard InChI is InChI=1S/C11H12FNO/c1-11(4-5-11)7-2-3-8(10(13)14)9(12)6-7/h2-3,6H,4-5H2,1H3,(H2,13,14). The second-order valence-corrected chi connectivity index (χ2v) is 4.12. The van der Waals surface area contributed by atoms with E-state index < -0.39 is 11.7 Å². The van der Waals surface area contributed by atoms with Crippen molar-refractivity contribution in [2.24, 2.45) is 5.73 Å². The van der Waals surface area contributed by atoms with Crippen molar-refractivity contribution in [1.29, 1.82) is 0 Å². The van der Waals surface area contributed by atoms with E-state index in [1.807, 2.05) is 0 Å². The van der Waals surface area contributed by atoms with E-state index in [2.05, 4.69) is 6.92 Å². The van der Waals surface area contributed by atoms with Crippen LogP contribution in [0.4, 0.5) is 4.39 Å². The third-order valence-corrected chi connectivity index (χ3v) is 2.93. The Labute approximate surface area is 81.9 Å². The van der Waals surface area contributed by atoms with Gasteiger partial charge in [0, 0.05) is 0 Å². The van der Waals surface area contributed by atoms with Gasteiger partial charge in [-0.05, 0) is 36.0 Å². The fraction of sp³-hybridized carbons (Fsp3) is 0.364. The van der Waals surface area contributed by atoms with E-state index in [9.17, 15) is 9.18 Å². The van der Waals surface area contributed by atoms with Crippen molar-refractivity contribution in [2.75, 3.05) is 0 Å². The van der Waals surface area contributed by atoms with Gasteiger partial charge in [-0.3, -0.25) is 4.79 Å². The highest BCUT2D eigenvalue weighted by molar-refractivity contribution is 5.93. The van der Waals surface area contributed by atoms with Gasteiger partial charge in [-0.25, -0.2) is 4.39 Å². The zero-order valence-electron chi connectivity index (χ0n) is 8.01. The number of carbonyl (C=O) groups excluding carboxylic acids is 1. The van der Waals surface area contributed by atoms with Crippen LogP contribution in [0.1, 0.15) is 35.7 Å². The lowest BCUT2D eigenvalue weighted by molar-refractivity contribution is 0.0996. The summed E-state index contributed by atoms with van der Waals surface area (Å²) in [7, 11) is 0. The molecular formula is C11H12FNO. The maximum atomic E-state index is 13.4. The van der Waals surface area contributed by atoms with Gasteiger partial charge in [0.2, 0.25) is 0 Å². The average Bonchev–Trinajstić information content (AvgIpc) is 2.84. The molecule has 0 unspecified atom stereocenters. The average molecular weight is 193 g/mol. The minimum absolute atomic E-state index is 0.0296. The van der Waals surface area contributed by atoms with Crippen molar-refractivity contribution in [3.8, 4) is 0 Å². The minimum atomic E-state index is -0.713. The summed E-state index contributed by atoms with van der Waals surface area (Å²) < 4.78 is 13.4. The number of hydrogen-bond donors (Lipinski definition) is 1. The Balaban J connectivity index is 2.40. The van der Waals surface area contributed by atoms with E-state index in [0.29, 0.717) is 0 Å². The molecule has 2 nitrogen and oxygen atoms in total. The van der Waals surface area contributed by atoms with Crippen LogP contribution >= 0.6 is 0 Å². The van der Waals surface area contributed by atoms with Gasteiger partial charge in [0.05, 0.1) is 5.56 Å². The van der Waals surface area contributed by atoms with Crippen LogP contribution in [0, 0.1) is 5.82 Å². The van der Waals surface area contributed by atoms with Crippen LogP contribution in [0.15, 0.2) is 18.2 Å². The number of rotatable bonds is 2. The lowest BCUT2D eigenvalue weighted by atomic mass is 9.97. The first kappa shape index (κ1) is 9.19. The summed E-state index contributed by atoms with van der Waals surface area (Å²) in [5.41, 5.74) is 6.06. The zero-order chi connectivity index (χ0) is 10.3. The highest BCUT2D eigenvalue weighted by atomic mass is 19.1. The van der Waals surface area contributed by atoms with Gasteiger partial charge in [-0.1, -0.05) is 13.0 Å². The second kappa shape index (κ2) is 2.80. The van der Waals surface area contributed by atoms with Gasteiger partial charge in [0.1, 0.15) is 5.82 Å². The normalized spacial score (nSPS) is 17.9. The highest BCUT2D eigenvalue weighted by Crippen LogP contribution is 2.47. The Morgan fingerprint density at radius 2 is 2.14 bits per heavy atom. The molecule has 0 radical (unpaired) electrons. The predicted octanol–water partition coefficient (Wildman–Crippen LogP) is 1.98. The molecular weight excluding hydrogens is 181 g/mol. The van der Waals surface area contributed by atoms with Crippen LogP contribution in [0.25, 0.3) is 0 Å². The fourth-order valence-electron chi connectivity index (χ4n) is 1.57. The third kappa shape index (κ3) is 1.39. The van der Waals surface area contributed by atoms with Crippen LogP contribution < -0.4 is 5.73 Å².